The molecule has 1 aliphatic rings. The van der Waals surface area contributed by atoms with Crippen LogP contribution in [-0.4, -0.2) is 37.0 Å². The Morgan fingerprint density at radius 1 is 1.29 bits per heavy atom. The lowest BCUT2D eigenvalue weighted by Gasteiger charge is -2.21. The number of rotatable bonds is 6. The maximum atomic E-state index is 11.6. The van der Waals surface area contributed by atoms with Gasteiger partial charge in [0.05, 0.1) is 6.61 Å². The van der Waals surface area contributed by atoms with Crippen LogP contribution >= 0.6 is 0 Å². The molecule has 2 N–H and O–H groups in total. The van der Waals surface area contributed by atoms with E-state index in [1.54, 1.807) is 0 Å². The van der Waals surface area contributed by atoms with Crippen LogP contribution in [0.15, 0.2) is 30.3 Å². The van der Waals surface area contributed by atoms with Crippen LogP contribution in [0.3, 0.4) is 0 Å². The van der Waals surface area contributed by atoms with E-state index in [-0.39, 0.29) is 24.8 Å². The minimum atomic E-state index is -0.645. The molecule has 1 atom stereocenters. The standard InChI is InChI=1S/C15H18N2O4/c18-13-7-6-12(15(20)17-13)16-14(19)10-21-9-8-11-4-2-1-3-5-11/h1-5,12H,6-10H2,(H,16,19)(H,17,18,20)/t12-/m1/s1. The molecule has 0 bridgehead atoms. The summed E-state index contributed by atoms with van der Waals surface area (Å²) in [6.07, 6.45) is 1.30. The Kier molecular flexibility index (Phi) is 5.45. The first-order valence-electron chi connectivity index (χ1n) is 6.90. The van der Waals surface area contributed by atoms with Crippen molar-refractivity contribution < 1.29 is 19.1 Å². The third-order valence-electron chi connectivity index (χ3n) is 3.19. The maximum absolute atomic E-state index is 11.6. The van der Waals surface area contributed by atoms with Gasteiger partial charge in [-0.05, 0) is 18.4 Å². The van der Waals surface area contributed by atoms with Crippen molar-refractivity contribution in [2.75, 3.05) is 13.2 Å². The second-order valence-electron chi connectivity index (χ2n) is 4.86. The predicted octanol–water partition coefficient (Wildman–Crippen LogP) is 0.167. The van der Waals surface area contributed by atoms with Gasteiger partial charge in [0.15, 0.2) is 0 Å². The molecule has 1 aliphatic heterocycles. The predicted molar refractivity (Wildman–Crippen MR) is 75.3 cm³/mol. The van der Waals surface area contributed by atoms with E-state index in [1.165, 1.54) is 0 Å². The average Bonchev–Trinajstić information content (AvgIpc) is 2.48. The van der Waals surface area contributed by atoms with Gasteiger partial charge >= 0.3 is 0 Å². The van der Waals surface area contributed by atoms with Crippen molar-refractivity contribution >= 4 is 17.7 Å². The van der Waals surface area contributed by atoms with E-state index in [0.717, 1.165) is 12.0 Å². The van der Waals surface area contributed by atoms with Gasteiger partial charge in [-0.2, -0.15) is 0 Å². The molecule has 1 heterocycles. The summed E-state index contributed by atoms with van der Waals surface area (Å²) in [5.74, 6) is -1.11. The topological polar surface area (TPSA) is 84.5 Å². The highest BCUT2D eigenvalue weighted by Crippen LogP contribution is 2.04. The van der Waals surface area contributed by atoms with Crippen LogP contribution in [0.2, 0.25) is 0 Å². The van der Waals surface area contributed by atoms with E-state index in [2.05, 4.69) is 10.6 Å². The molecule has 21 heavy (non-hydrogen) atoms. The minimum absolute atomic E-state index is 0.0927. The smallest absolute Gasteiger partial charge is 0.249 e. The molecule has 6 nitrogen and oxygen atoms in total. The van der Waals surface area contributed by atoms with Gasteiger partial charge in [-0.15, -0.1) is 0 Å². The fraction of sp³-hybridized carbons (Fsp3) is 0.400. The van der Waals surface area contributed by atoms with Crippen LogP contribution in [-0.2, 0) is 25.5 Å². The Morgan fingerprint density at radius 2 is 2.05 bits per heavy atom. The van der Waals surface area contributed by atoms with Gasteiger partial charge in [0, 0.05) is 6.42 Å². The summed E-state index contributed by atoms with van der Waals surface area (Å²) in [7, 11) is 0. The van der Waals surface area contributed by atoms with Gasteiger partial charge in [-0.1, -0.05) is 30.3 Å². The van der Waals surface area contributed by atoms with Crippen LogP contribution in [0.5, 0.6) is 0 Å². The van der Waals surface area contributed by atoms with E-state index < -0.39 is 11.9 Å². The van der Waals surface area contributed by atoms with Crippen LogP contribution in [0.4, 0.5) is 0 Å². The SMILES string of the molecule is O=C1CC[C@@H](NC(=O)COCCc2ccccc2)C(=O)N1. The summed E-state index contributed by atoms with van der Waals surface area (Å²) in [5, 5.41) is 4.75. The van der Waals surface area contributed by atoms with E-state index in [4.69, 9.17) is 4.74 Å². The highest BCUT2D eigenvalue weighted by Gasteiger charge is 2.27. The second-order valence-corrected chi connectivity index (χ2v) is 4.86. The van der Waals surface area contributed by atoms with E-state index in [9.17, 15) is 14.4 Å². The summed E-state index contributed by atoms with van der Waals surface area (Å²) in [6.45, 7) is 0.345. The number of piperidine rings is 1. The Labute approximate surface area is 122 Å². The molecule has 0 aliphatic carbocycles. The Balaban J connectivity index is 1.63. The van der Waals surface area contributed by atoms with Crippen molar-refractivity contribution in [2.24, 2.45) is 0 Å². The van der Waals surface area contributed by atoms with E-state index >= 15 is 0 Å². The molecular formula is C15H18N2O4. The summed E-state index contributed by atoms with van der Waals surface area (Å²) in [4.78, 5) is 34.1. The Bertz CT molecular complexity index is 516. The lowest BCUT2D eigenvalue weighted by atomic mass is 10.1. The van der Waals surface area contributed by atoms with Crippen molar-refractivity contribution in [3.8, 4) is 0 Å². The molecule has 0 spiro atoms. The number of imide groups is 1. The molecule has 0 aromatic heterocycles. The first kappa shape index (κ1) is 15.2. The third kappa shape index (κ3) is 5.00. The van der Waals surface area contributed by atoms with Gasteiger partial charge in [-0.3, -0.25) is 19.7 Å². The third-order valence-corrected chi connectivity index (χ3v) is 3.19. The van der Waals surface area contributed by atoms with Gasteiger partial charge < -0.3 is 10.1 Å². The molecule has 0 saturated carbocycles. The quantitative estimate of drug-likeness (QED) is 0.577. The largest absolute Gasteiger partial charge is 0.371 e. The van der Waals surface area contributed by atoms with Crippen molar-refractivity contribution in [2.45, 2.75) is 25.3 Å². The number of nitrogens with one attached hydrogen (secondary N) is 2. The van der Waals surface area contributed by atoms with Gasteiger partial charge in [-0.25, -0.2) is 0 Å². The van der Waals surface area contributed by atoms with Crippen molar-refractivity contribution in [1.29, 1.82) is 0 Å². The van der Waals surface area contributed by atoms with Crippen LogP contribution < -0.4 is 10.6 Å². The maximum Gasteiger partial charge on any atom is 0.249 e. The number of carbonyl (C=O) groups is 3. The zero-order valence-corrected chi connectivity index (χ0v) is 11.6. The lowest BCUT2D eigenvalue weighted by Crippen LogP contribution is -2.52. The second kappa shape index (κ2) is 7.54. The van der Waals surface area contributed by atoms with Gasteiger partial charge in [0.1, 0.15) is 12.6 Å². The average molecular weight is 290 g/mol. The van der Waals surface area contributed by atoms with Gasteiger partial charge in [0.25, 0.3) is 0 Å². The lowest BCUT2D eigenvalue weighted by molar-refractivity contribution is -0.138. The molecule has 1 aromatic carbocycles. The summed E-state index contributed by atoms with van der Waals surface area (Å²) < 4.78 is 5.29. The van der Waals surface area contributed by atoms with Crippen molar-refractivity contribution in [1.82, 2.24) is 10.6 Å². The molecule has 1 aromatic rings. The first-order chi connectivity index (χ1) is 10.1. The number of hydrogen-bond acceptors (Lipinski definition) is 4. The number of hydrogen-bond donors (Lipinski definition) is 2. The fourth-order valence-corrected chi connectivity index (χ4v) is 2.07. The van der Waals surface area contributed by atoms with Crippen LogP contribution in [0, 0.1) is 0 Å². The molecule has 1 fully saturated rings. The summed E-state index contributed by atoms with van der Waals surface area (Å²) >= 11 is 0. The molecule has 1 saturated heterocycles. The molecule has 6 heteroatoms. The van der Waals surface area contributed by atoms with E-state index in [0.29, 0.717) is 13.0 Å². The Morgan fingerprint density at radius 3 is 2.76 bits per heavy atom. The highest BCUT2D eigenvalue weighted by molar-refractivity contribution is 6.01. The number of carbonyl (C=O) groups excluding carboxylic acids is 3. The molecular weight excluding hydrogens is 272 g/mol. The minimum Gasteiger partial charge on any atom is -0.371 e. The van der Waals surface area contributed by atoms with E-state index in [1.807, 2.05) is 30.3 Å². The molecule has 0 radical (unpaired) electrons. The van der Waals surface area contributed by atoms with Gasteiger partial charge in [0.2, 0.25) is 17.7 Å². The van der Waals surface area contributed by atoms with Crippen LogP contribution in [0.1, 0.15) is 18.4 Å². The molecule has 112 valence electrons. The summed E-state index contributed by atoms with van der Waals surface area (Å²) in [5.41, 5.74) is 1.14. The fourth-order valence-electron chi connectivity index (χ4n) is 2.07. The zero-order chi connectivity index (χ0) is 15.1. The highest BCUT2D eigenvalue weighted by atomic mass is 16.5. The summed E-state index contributed by atoms with van der Waals surface area (Å²) in [6, 6.07) is 9.18. The van der Waals surface area contributed by atoms with Crippen molar-refractivity contribution in [3.63, 3.8) is 0 Å². The molecule has 0 unspecified atom stereocenters. The number of amides is 3. The Hall–Kier alpha value is -2.21. The number of benzene rings is 1. The number of ether oxygens (including phenoxy) is 1. The normalized spacial score (nSPS) is 18.2. The molecule has 3 amide bonds. The monoisotopic (exact) mass is 290 g/mol. The zero-order valence-electron chi connectivity index (χ0n) is 11.6. The van der Waals surface area contributed by atoms with Crippen LogP contribution in [0.25, 0.3) is 0 Å². The first-order valence-corrected chi connectivity index (χ1v) is 6.90. The molecule has 2 rings (SSSR count). The van der Waals surface area contributed by atoms with Crippen molar-refractivity contribution in [3.05, 3.63) is 35.9 Å².